The molecule has 1 heterocycles. The summed E-state index contributed by atoms with van der Waals surface area (Å²) in [4.78, 5) is 0. The van der Waals surface area contributed by atoms with Crippen LogP contribution < -0.4 is 0 Å². The summed E-state index contributed by atoms with van der Waals surface area (Å²) in [5.41, 5.74) is 1.14. The Balaban J connectivity index is 2.49. The van der Waals surface area contributed by atoms with Gasteiger partial charge in [0.1, 0.15) is 6.54 Å². The predicted molar refractivity (Wildman–Crippen MR) is 53.2 cm³/mol. The maximum absolute atomic E-state index is 4.25. The largest absolute Gasteiger partial charge is 0.253 e. The minimum absolute atomic E-state index is 0.671. The third-order valence-electron chi connectivity index (χ3n) is 1.96. The van der Waals surface area contributed by atoms with Crippen molar-refractivity contribution in [3.05, 3.63) is 30.5 Å². The molecule has 0 unspecified atom stereocenters. The highest BCUT2D eigenvalue weighted by Crippen LogP contribution is 2.11. The average molecular weight is 170 g/mol. The van der Waals surface area contributed by atoms with Crippen molar-refractivity contribution in [1.82, 2.24) is 9.78 Å². The highest BCUT2D eigenvalue weighted by Gasteiger charge is 1.97. The summed E-state index contributed by atoms with van der Waals surface area (Å²) in [6.07, 6.45) is 1.87. The van der Waals surface area contributed by atoms with E-state index in [0.29, 0.717) is 6.54 Å². The van der Waals surface area contributed by atoms with Crippen molar-refractivity contribution in [1.29, 1.82) is 0 Å². The van der Waals surface area contributed by atoms with Gasteiger partial charge in [0.25, 0.3) is 0 Å². The zero-order chi connectivity index (χ0) is 9.10. The Morgan fingerprint density at radius 3 is 3.08 bits per heavy atom. The Hall–Kier alpha value is -1.75. The molecule has 0 fully saturated rings. The number of hydrogen-bond donors (Lipinski definition) is 0. The molecule has 1 aromatic carbocycles. The van der Waals surface area contributed by atoms with E-state index >= 15 is 0 Å². The van der Waals surface area contributed by atoms with Gasteiger partial charge in [-0.05, 0) is 13.0 Å². The normalized spacial score (nSPS) is 9.62. The number of benzene rings is 1. The van der Waals surface area contributed by atoms with Crippen molar-refractivity contribution >= 4 is 10.9 Å². The van der Waals surface area contributed by atoms with E-state index < -0.39 is 0 Å². The number of fused-ring (bicyclic) bond motifs is 1. The highest BCUT2D eigenvalue weighted by atomic mass is 15.3. The molecule has 0 spiro atoms. The van der Waals surface area contributed by atoms with Crippen LogP contribution in [-0.4, -0.2) is 9.78 Å². The third kappa shape index (κ3) is 1.41. The summed E-state index contributed by atoms with van der Waals surface area (Å²) in [5.74, 6) is 5.85. The Bertz CT molecular complexity index is 471. The lowest BCUT2D eigenvalue weighted by atomic mass is 10.3. The van der Waals surface area contributed by atoms with Gasteiger partial charge in [-0.25, -0.2) is 0 Å². The molecule has 0 saturated heterocycles. The zero-order valence-electron chi connectivity index (χ0n) is 7.49. The quantitative estimate of drug-likeness (QED) is 0.599. The highest BCUT2D eigenvalue weighted by molar-refractivity contribution is 5.78. The van der Waals surface area contributed by atoms with E-state index in [-0.39, 0.29) is 0 Å². The maximum Gasteiger partial charge on any atom is 0.102 e. The van der Waals surface area contributed by atoms with Gasteiger partial charge in [0.05, 0.1) is 11.7 Å². The Morgan fingerprint density at radius 1 is 1.38 bits per heavy atom. The van der Waals surface area contributed by atoms with Crippen LogP contribution in [0.4, 0.5) is 0 Å². The first-order valence-corrected chi connectivity index (χ1v) is 4.22. The van der Waals surface area contributed by atoms with Crippen LogP contribution in [0.2, 0.25) is 0 Å². The number of rotatable bonds is 1. The monoisotopic (exact) mass is 170 g/mol. The Kier molecular flexibility index (Phi) is 2.01. The van der Waals surface area contributed by atoms with E-state index in [9.17, 15) is 0 Å². The molecule has 64 valence electrons. The van der Waals surface area contributed by atoms with Crippen LogP contribution in [0.5, 0.6) is 0 Å². The molecule has 2 rings (SSSR count). The summed E-state index contributed by atoms with van der Waals surface area (Å²) >= 11 is 0. The average Bonchev–Trinajstić information content (AvgIpc) is 2.58. The molecule has 0 radical (unpaired) electrons. The fourth-order valence-electron chi connectivity index (χ4n) is 1.31. The van der Waals surface area contributed by atoms with Crippen LogP contribution >= 0.6 is 0 Å². The topological polar surface area (TPSA) is 17.8 Å². The fraction of sp³-hybridized carbons (Fsp3) is 0.182. The van der Waals surface area contributed by atoms with E-state index in [1.54, 1.807) is 0 Å². The summed E-state index contributed by atoms with van der Waals surface area (Å²) in [7, 11) is 0. The molecule has 0 aliphatic rings. The van der Waals surface area contributed by atoms with Gasteiger partial charge in [0.15, 0.2) is 0 Å². The number of nitrogens with zero attached hydrogens (tertiary/aromatic N) is 2. The van der Waals surface area contributed by atoms with Crippen molar-refractivity contribution in [3.63, 3.8) is 0 Å². The third-order valence-corrected chi connectivity index (χ3v) is 1.96. The lowest BCUT2D eigenvalue weighted by molar-refractivity contribution is 0.742. The van der Waals surface area contributed by atoms with Gasteiger partial charge in [-0.15, -0.1) is 5.92 Å². The van der Waals surface area contributed by atoms with Crippen molar-refractivity contribution in [2.24, 2.45) is 0 Å². The molecular weight excluding hydrogens is 160 g/mol. The Labute approximate surface area is 77.2 Å². The molecule has 0 atom stereocenters. The van der Waals surface area contributed by atoms with Crippen molar-refractivity contribution in [3.8, 4) is 11.8 Å². The maximum atomic E-state index is 4.25. The van der Waals surface area contributed by atoms with Gasteiger partial charge in [-0.3, -0.25) is 4.68 Å². The molecule has 2 nitrogen and oxygen atoms in total. The summed E-state index contributed by atoms with van der Waals surface area (Å²) in [5, 5.41) is 5.41. The van der Waals surface area contributed by atoms with Gasteiger partial charge >= 0.3 is 0 Å². The van der Waals surface area contributed by atoms with E-state index in [4.69, 9.17) is 0 Å². The molecule has 0 N–H and O–H groups in total. The molecule has 0 saturated carbocycles. The minimum atomic E-state index is 0.671. The number of aromatic nitrogens is 2. The van der Waals surface area contributed by atoms with Crippen LogP contribution in [-0.2, 0) is 6.54 Å². The van der Waals surface area contributed by atoms with Gasteiger partial charge in [-0.2, -0.15) is 5.10 Å². The SMILES string of the molecule is CC#CCn1ncc2ccccc21. The standard InChI is InChI=1S/C11H10N2/c1-2-3-8-13-11-7-5-4-6-10(11)9-12-13/h4-7,9H,8H2,1H3. The number of hydrogen-bond acceptors (Lipinski definition) is 1. The van der Waals surface area contributed by atoms with Crippen LogP contribution in [0.15, 0.2) is 30.5 Å². The lowest BCUT2D eigenvalue weighted by Gasteiger charge is -1.95. The van der Waals surface area contributed by atoms with Crippen LogP contribution in [0.1, 0.15) is 6.92 Å². The van der Waals surface area contributed by atoms with E-state index in [1.165, 1.54) is 5.39 Å². The second kappa shape index (κ2) is 3.32. The van der Waals surface area contributed by atoms with Crippen molar-refractivity contribution in [2.75, 3.05) is 0 Å². The smallest absolute Gasteiger partial charge is 0.102 e. The summed E-state index contributed by atoms with van der Waals surface area (Å²) < 4.78 is 1.91. The number of para-hydroxylation sites is 1. The molecule has 0 aliphatic heterocycles. The van der Waals surface area contributed by atoms with Crippen molar-refractivity contribution in [2.45, 2.75) is 13.5 Å². The van der Waals surface area contributed by atoms with Crippen LogP contribution in [0, 0.1) is 11.8 Å². The molecule has 0 amide bonds. The lowest BCUT2D eigenvalue weighted by Crippen LogP contribution is -1.96. The van der Waals surface area contributed by atoms with Gasteiger partial charge in [0, 0.05) is 5.39 Å². The first-order chi connectivity index (χ1) is 6.42. The molecular formula is C11H10N2. The molecule has 0 aliphatic carbocycles. The summed E-state index contributed by atoms with van der Waals surface area (Å²) in [6.45, 7) is 2.51. The van der Waals surface area contributed by atoms with E-state index in [0.717, 1.165) is 5.52 Å². The van der Waals surface area contributed by atoms with Crippen molar-refractivity contribution < 1.29 is 0 Å². The molecule has 2 heteroatoms. The molecule has 13 heavy (non-hydrogen) atoms. The molecule has 2 aromatic rings. The first-order valence-electron chi connectivity index (χ1n) is 4.22. The zero-order valence-corrected chi connectivity index (χ0v) is 7.49. The van der Waals surface area contributed by atoms with Gasteiger partial charge in [-0.1, -0.05) is 24.1 Å². The van der Waals surface area contributed by atoms with Gasteiger partial charge < -0.3 is 0 Å². The van der Waals surface area contributed by atoms with E-state index in [2.05, 4.69) is 29.1 Å². The Morgan fingerprint density at radius 2 is 2.23 bits per heavy atom. The van der Waals surface area contributed by atoms with Gasteiger partial charge in [0.2, 0.25) is 0 Å². The van der Waals surface area contributed by atoms with Crippen LogP contribution in [0.3, 0.4) is 0 Å². The molecule has 0 bridgehead atoms. The molecule has 1 aromatic heterocycles. The second-order valence-corrected chi connectivity index (χ2v) is 2.79. The van der Waals surface area contributed by atoms with Crippen LogP contribution in [0.25, 0.3) is 10.9 Å². The van der Waals surface area contributed by atoms with E-state index in [1.807, 2.05) is 29.9 Å². The first kappa shape index (κ1) is 7.88. The summed E-state index contributed by atoms with van der Waals surface area (Å²) in [6, 6.07) is 8.14. The fourth-order valence-corrected chi connectivity index (χ4v) is 1.31. The second-order valence-electron chi connectivity index (χ2n) is 2.79. The predicted octanol–water partition coefficient (Wildman–Crippen LogP) is 2.06. The minimum Gasteiger partial charge on any atom is -0.253 e.